The zero-order chi connectivity index (χ0) is 11.4. The molecule has 0 aliphatic carbocycles. The van der Waals surface area contributed by atoms with Gasteiger partial charge in [0.15, 0.2) is 0 Å². The van der Waals surface area contributed by atoms with Gasteiger partial charge >= 0.3 is 6.98 Å². The molecule has 0 N–H and O–H groups in total. The number of hydrogen-bond donors (Lipinski definition) is 0. The summed E-state index contributed by atoms with van der Waals surface area (Å²) in [5.41, 5.74) is -0.604. The third-order valence-electron chi connectivity index (χ3n) is 2.49. The molecule has 0 aromatic rings. The second kappa shape index (κ2) is 5.44. The van der Waals surface area contributed by atoms with E-state index in [-0.39, 0.29) is 12.6 Å². The van der Waals surface area contributed by atoms with E-state index in [0.29, 0.717) is 6.54 Å². The first-order valence-electron chi connectivity index (χ1n) is 4.94. The van der Waals surface area contributed by atoms with Gasteiger partial charge in [-0.15, -0.1) is 12.1 Å². The molecule has 0 bridgehead atoms. The van der Waals surface area contributed by atoms with E-state index in [1.807, 2.05) is 20.8 Å². The van der Waals surface area contributed by atoms with Crippen molar-refractivity contribution in [3.63, 3.8) is 0 Å². The number of hydrogen-bond acceptors (Lipinski definition) is 1. The maximum Gasteiger partial charge on any atom is 0.506 e. The lowest BCUT2D eigenvalue weighted by atomic mass is 9.80. The van der Waals surface area contributed by atoms with E-state index in [2.05, 4.69) is 6.58 Å². The fraction of sp³-hybridized carbons (Fsp3) is 0.778. The molecule has 0 aromatic carbocycles. The lowest BCUT2D eigenvalue weighted by Crippen LogP contribution is -2.38. The van der Waals surface area contributed by atoms with Crippen LogP contribution in [0.25, 0.3) is 0 Å². The summed E-state index contributed by atoms with van der Waals surface area (Å²) in [7, 11) is 0. The monoisotopic (exact) mass is 208 g/mol. The topological polar surface area (TPSA) is 3.24 Å². The van der Waals surface area contributed by atoms with Gasteiger partial charge in [0.1, 0.15) is 0 Å². The van der Waals surface area contributed by atoms with Crippen LogP contribution in [0.1, 0.15) is 27.2 Å². The molecule has 1 nitrogen and oxygen atoms in total. The van der Waals surface area contributed by atoms with Gasteiger partial charge in [0.2, 0.25) is 0 Å². The first kappa shape index (κ1) is 13.6. The van der Waals surface area contributed by atoms with Crippen molar-refractivity contribution in [2.45, 2.75) is 33.2 Å². The maximum atomic E-state index is 12.2. The molecule has 0 aromatic heterocycles. The van der Waals surface area contributed by atoms with Crippen molar-refractivity contribution in [3.05, 3.63) is 12.1 Å². The largest absolute Gasteiger partial charge is 0.506 e. The van der Waals surface area contributed by atoms with Crippen LogP contribution >= 0.6 is 0 Å². The number of halogens is 3. The van der Waals surface area contributed by atoms with Gasteiger partial charge in [-0.3, -0.25) is 0 Å². The summed E-state index contributed by atoms with van der Waals surface area (Å²) >= 11 is 0. The van der Waals surface area contributed by atoms with E-state index in [9.17, 15) is 12.9 Å². The van der Waals surface area contributed by atoms with Crippen LogP contribution in [0.2, 0.25) is 0 Å². The van der Waals surface area contributed by atoms with Crippen LogP contribution in [0.3, 0.4) is 0 Å². The van der Waals surface area contributed by atoms with Gasteiger partial charge in [-0.05, 0) is 26.4 Å². The Hall–Kier alpha value is -0.445. The molecule has 0 amide bonds. The molecule has 0 heterocycles. The highest BCUT2D eigenvalue weighted by Gasteiger charge is 2.28. The van der Waals surface area contributed by atoms with Gasteiger partial charge in [-0.25, -0.2) is 0 Å². The Balaban J connectivity index is 4.26. The van der Waals surface area contributed by atoms with Crippen LogP contribution in [-0.2, 0) is 0 Å². The quantitative estimate of drug-likeness (QED) is 0.606. The maximum absolute atomic E-state index is 12.2. The van der Waals surface area contributed by atoms with Gasteiger partial charge in [-0.2, -0.15) is 0 Å². The van der Waals surface area contributed by atoms with E-state index in [1.54, 1.807) is 4.90 Å². The summed E-state index contributed by atoms with van der Waals surface area (Å²) in [6, 6.07) is 0.176. The standard InChI is InChI=1S/C9H18BF3N/c1-5-9(4)14(6-2)7-8(3)10(11,12)13/h9H,3,5-7H2,1-2,4H3/q-1. The van der Waals surface area contributed by atoms with E-state index in [1.165, 1.54) is 0 Å². The zero-order valence-electron chi connectivity index (χ0n) is 9.06. The van der Waals surface area contributed by atoms with Crippen molar-refractivity contribution in [1.82, 2.24) is 4.90 Å². The predicted molar refractivity (Wildman–Crippen MR) is 55.2 cm³/mol. The third-order valence-corrected chi connectivity index (χ3v) is 2.49. The van der Waals surface area contributed by atoms with Gasteiger partial charge in [0, 0.05) is 6.04 Å². The van der Waals surface area contributed by atoms with Crippen molar-refractivity contribution >= 4 is 6.98 Å². The fourth-order valence-electron chi connectivity index (χ4n) is 1.20. The van der Waals surface area contributed by atoms with E-state index < -0.39 is 12.4 Å². The Morgan fingerprint density at radius 2 is 1.86 bits per heavy atom. The second-order valence-electron chi connectivity index (χ2n) is 3.55. The molecule has 5 heteroatoms. The molecular weight excluding hydrogens is 190 g/mol. The minimum atomic E-state index is -4.88. The Labute approximate surface area is 84.0 Å². The summed E-state index contributed by atoms with van der Waals surface area (Å²) in [6.07, 6.45) is 0.853. The van der Waals surface area contributed by atoms with Crippen molar-refractivity contribution in [2.24, 2.45) is 0 Å². The lowest BCUT2D eigenvalue weighted by Gasteiger charge is -2.31. The lowest BCUT2D eigenvalue weighted by molar-refractivity contribution is 0.233. The molecule has 0 aliphatic rings. The Bertz CT molecular complexity index is 191. The van der Waals surface area contributed by atoms with Gasteiger partial charge in [-0.1, -0.05) is 13.8 Å². The van der Waals surface area contributed by atoms with Crippen LogP contribution < -0.4 is 0 Å². The van der Waals surface area contributed by atoms with Gasteiger partial charge < -0.3 is 17.8 Å². The first-order valence-corrected chi connectivity index (χ1v) is 4.94. The normalized spacial score (nSPS) is 14.5. The Morgan fingerprint density at radius 3 is 2.14 bits per heavy atom. The molecule has 84 valence electrons. The van der Waals surface area contributed by atoms with Crippen LogP contribution in [0.5, 0.6) is 0 Å². The molecule has 0 aliphatic heterocycles. The summed E-state index contributed by atoms with van der Waals surface area (Å²) in [5, 5.41) is 0. The summed E-state index contributed by atoms with van der Waals surface area (Å²) in [4.78, 5) is 1.79. The Kier molecular flexibility index (Phi) is 5.27. The molecule has 0 rings (SSSR count). The fourth-order valence-corrected chi connectivity index (χ4v) is 1.20. The summed E-state index contributed by atoms with van der Waals surface area (Å²) in [6.45, 7) is 4.54. The van der Waals surface area contributed by atoms with Gasteiger partial charge in [0.05, 0.1) is 0 Å². The molecule has 0 fully saturated rings. The number of likely N-dealkylation sites (N-methyl/N-ethyl adjacent to an activating group) is 1. The molecule has 0 saturated heterocycles. The minimum absolute atomic E-state index is 0.0605. The van der Waals surface area contributed by atoms with Crippen LogP contribution in [-0.4, -0.2) is 31.0 Å². The second-order valence-corrected chi connectivity index (χ2v) is 3.55. The highest BCUT2D eigenvalue weighted by atomic mass is 19.4. The smallest absolute Gasteiger partial charge is 0.445 e. The molecule has 0 radical (unpaired) electrons. The van der Waals surface area contributed by atoms with E-state index in [4.69, 9.17) is 0 Å². The zero-order valence-corrected chi connectivity index (χ0v) is 9.06. The Morgan fingerprint density at radius 1 is 1.36 bits per heavy atom. The van der Waals surface area contributed by atoms with E-state index >= 15 is 0 Å². The van der Waals surface area contributed by atoms with Crippen LogP contribution in [0.4, 0.5) is 12.9 Å². The minimum Gasteiger partial charge on any atom is -0.445 e. The average molecular weight is 208 g/mol. The third kappa shape index (κ3) is 4.18. The van der Waals surface area contributed by atoms with Crippen molar-refractivity contribution < 1.29 is 12.9 Å². The van der Waals surface area contributed by atoms with Gasteiger partial charge in [0.25, 0.3) is 0 Å². The summed E-state index contributed by atoms with van der Waals surface area (Å²) < 4.78 is 36.7. The van der Waals surface area contributed by atoms with Crippen molar-refractivity contribution in [3.8, 4) is 0 Å². The predicted octanol–water partition coefficient (Wildman–Crippen LogP) is 3.05. The molecule has 0 saturated carbocycles. The molecule has 1 atom stereocenters. The number of rotatable bonds is 6. The van der Waals surface area contributed by atoms with Crippen molar-refractivity contribution in [2.75, 3.05) is 13.1 Å². The molecule has 1 unspecified atom stereocenters. The first-order chi connectivity index (χ1) is 6.32. The van der Waals surface area contributed by atoms with Crippen molar-refractivity contribution in [1.29, 1.82) is 0 Å². The highest BCUT2D eigenvalue weighted by molar-refractivity contribution is 6.66. The van der Waals surface area contributed by atoms with Crippen LogP contribution in [0.15, 0.2) is 12.1 Å². The SMILES string of the molecule is C=C(CN(CC)C(C)CC)[B-](F)(F)F. The molecule has 14 heavy (non-hydrogen) atoms. The summed E-state index contributed by atoms with van der Waals surface area (Å²) in [5.74, 6) is 0. The molecule has 0 spiro atoms. The average Bonchev–Trinajstić information content (AvgIpc) is 2.10. The van der Waals surface area contributed by atoms with Crippen LogP contribution in [0, 0.1) is 0 Å². The highest BCUT2D eigenvalue weighted by Crippen LogP contribution is 2.20. The van der Waals surface area contributed by atoms with E-state index in [0.717, 1.165) is 6.42 Å². The molecular formula is C9H18BF3N-. The number of nitrogens with zero attached hydrogens (tertiary/aromatic N) is 1.